The number of alkyl halides is 1. The van der Waals surface area contributed by atoms with Crippen LogP contribution >= 0.6 is 0 Å². The third-order valence-corrected chi connectivity index (χ3v) is 4.10. The molecule has 2 aliphatic carbocycles. The van der Waals surface area contributed by atoms with Gasteiger partial charge in [0.25, 0.3) is 0 Å². The van der Waals surface area contributed by atoms with Crippen molar-refractivity contribution in [1.82, 2.24) is 0 Å². The molecule has 7 heteroatoms. The smallest absolute Gasteiger partial charge is 0.359 e. The Hall–Kier alpha value is -0.690. The maximum Gasteiger partial charge on any atom is 0.359 e. The quantitative estimate of drug-likeness (QED) is 0.596. The van der Waals surface area contributed by atoms with Gasteiger partial charge >= 0.3 is 21.6 Å². The van der Waals surface area contributed by atoms with Crippen LogP contribution in [0.2, 0.25) is 0 Å². The molecule has 4 atom stereocenters. The Balaban J connectivity index is 1.93. The van der Waals surface area contributed by atoms with E-state index in [0.717, 1.165) is 19.3 Å². The van der Waals surface area contributed by atoms with Crippen molar-refractivity contribution < 1.29 is 26.9 Å². The van der Waals surface area contributed by atoms with Crippen molar-refractivity contribution >= 4 is 16.1 Å². The standard InChI is InChI=1S/C9H13FO5S/c10-8(16(12,13)14)9(11)15-7-4-5-1-2-6(7)3-5/h5-8H,1-4H2,(H,12,13,14). The zero-order valence-corrected chi connectivity index (χ0v) is 9.32. The molecule has 5 nitrogen and oxygen atoms in total. The van der Waals surface area contributed by atoms with E-state index in [2.05, 4.69) is 0 Å². The van der Waals surface area contributed by atoms with Gasteiger partial charge < -0.3 is 4.74 Å². The van der Waals surface area contributed by atoms with Gasteiger partial charge in [0.05, 0.1) is 0 Å². The molecule has 0 aromatic rings. The van der Waals surface area contributed by atoms with E-state index in [9.17, 15) is 17.6 Å². The summed E-state index contributed by atoms with van der Waals surface area (Å²) in [5, 5.41) is 0. The summed E-state index contributed by atoms with van der Waals surface area (Å²) in [6.45, 7) is 0. The topological polar surface area (TPSA) is 80.7 Å². The van der Waals surface area contributed by atoms with Crippen LogP contribution < -0.4 is 0 Å². The minimum atomic E-state index is -5.00. The van der Waals surface area contributed by atoms with Gasteiger partial charge in [-0.05, 0) is 37.5 Å². The zero-order valence-electron chi connectivity index (χ0n) is 8.50. The molecule has 0 saturated heterocycles. The molecule has 92 valence electrons. The van der Waals surface area contributed by atoms with E-state index in [1.807, 2.05) is 0 Å². The van der Waals surface area contributed by atoms with Crippen molar-refractivity contribution in [3.63, 3.8) is 0 Å². The van der Waals surface area contributed by atoms with Crippen LogP contribution in [0.5, 0.6) is 0 Å². The Morgan fingerprint density at radius 3 is 2.50 bits per heavy atom. The van der Waals surface area contributed by atoms with E-state index in [1.165, 1.54) is 0 Å². The summed E-state index contributed by atoms with van der Waals surface area (Å²) in [6.07, 6.45) is 3.28. The van der Waals surface area contributed by atoms with Crippen LogP contribution in [0.25, 0.3) is 0 Å². The minimum absolute atomic E-state index is 0.225. The Bertz CT molecular complexity index is 393. The minimum Gasteiger partial charge on any atom is -0.459 e. The lowest BCUT2D eigenvalue weighted by atomic mass is 9.98. The first-order valence-electron chi connectivity index (χ1n) is 5.19. The third-order valence-electron chi connectivity index (χ3n) is 3.39. The number of fused-ring (bicyclic) bond motifs is 2. The van der Waals surface area contributed by atoms with Crippen molar-refractivity contribution in [3.05, 3.63) is 0 Å². The van der Waals surface area contributed by atoms with E-state index in [-0.39, 0.29) is 12.0 Å². The lowest BCUT2D eigenvalue weighted by molar-refractivity contribution is -0.154. The Kier molecular flexibility index (Phi) is 2.91. The highest BCUT2D eigenvalue weighted by Crippen LogP contribution is 2.45. The predicted molar refractivity (Wildman–Crippen MR) is 51.8 cm³/mol. The second kappa shape index (κ2) is 3.96. The maximum atomic E-state index is 12.9. The van der Waals surface area contributed by atoms with Gasteiger partial charge in [-0.15, -0.1) is 0 Å². The molecule has 0 aromatic carbocycles. The molecule has 0 radical (unpaired) electrons. The van der Waals surface area contributed by atoms with Gasteiger partial charge in [-0.3, -0.25) is 4.55 Å². The Morgan fingerprint density at radius 1 is 1.38 bits per heavy atom. The molecule has 2 rings (SSSR count). The molecule has 16 heavy (non-hydrogen) atoms. The fraction of sp³-hybridized carbons (Fsp3) is 0.889. The average Bonchev–Trinajstić information content (AvgIpc) is 2.76. The predicted octanol–water partition coefficient (Wildman–Crippen LogP) is 0.902. The van der Waals surface area contributed by atoms with Gasteiger partial charge in [0.1, 0.15) is 6.10 Å². The molecule has 1 N–H and O–H groups in total. The lowest BCUT2D eigenvalue weighted by Crippen LogP contribution is -2.33. The van der Waals surface area contributed by atoms with E-state index in [4.69, 9.17) is 9.29 Å². The summed E-state index contributed by atoms with van der Waals surface area (Å²) in [6, 6.07) is 0. The highest BCUT2D eigenvalue weighted by Gasteiger charge is 2.43. The highest BCUT2D eigenvalue weighted by atomic mass is 32.2. The number of esters is 1. The monoisotopic (exact) mass is 252 g/mol. The lowest BCUT2D eigenvalue weighted by Gasteiger charge is -2.22. The first-order valence-corrected chi connectivity index (χ1v) is 6.69. The molecule has 2 bridgehead atoms. The van der Waals surface area contributed by atoms with E-state index < -0.39 is 21.6 Å². The van der Waals surface area contributed by atoms with Crippen LogP contribution in [0.3, 0.4) is 0 Å². The number of halogens is 1. The number of rotatable bonds is 3. The molecule has 0 amide bonds. The summed E-state index contributed by atoms with van der Waals surface area (Å²) in [5.41, 5.74) is -2.98. The van der Waals surface area contributed by atoms with Gasteiger partial charge in [-0.1, -0.05) is 0 Å². The maximum absolute atomic E-state index is 12.9. The van der Waals surface area contributed by atoms with Gasteiger partial charge in [0.2, 0.25) is 0 Å². The van der Waals surface area contributed by atoms with E-state index >= 15 is 0 Å². The molecule has 0 heterocycles. The van der Waals surface area contributed by atoms with Crippen molar-refractivity contribution in [1.29, 1.82) is 0 Å². The van der Waals surface area contributed by atoms with Crippen LogP contribution in [0.15, 0.2) is 0 Å². The van der Waals surface area contributed by atoms with E-state index in [0.29, 0.717) is 12.3 Å². The molecule has 0 aliphatic heterocycles. The number of ether oxygens (including phenoxy) is 1. The highest BCUT2D eigenvalue weighted by molar-refractivity contribution is 7.87. The fourth-order valence-electron chi connectivity index (χ4n) is 2.65. The molecule has 2 aliphatic rings. The Labute approximate surface area is 92.7 Å². The summed E-state index contributed by atoms with van der Waals surface area (Å²) in [4.78, 5) is 11.1. The van der Waals surface area contributed by atoms with Crippen LogP contribution in [-0.2, 0) is 19.6 Å². The van der Waals surface area contributed by atoms with Crippen LogP contribution in [0.1, 0.15) is 25.7 Å². The van der Waals surface area contributed by atoms with Gasteiger partial charge in [-0.2, -0.15) is 8.42 Å². The largest absolute Gasteiger partial charge is 0.459 e. The SMILES string of the molecule is O=C(OC1CC2CCC1C2)C(F)S(=O)(=O)O. The summed E-state index contributed by atoms with van der Waals surface area (Å²) >= 11 is 0. The van der Waals surface area contributed by atoms with Gasteiger partial charge in [0.15, 0.2) is 0 Å². The normalized spacial score (nSPS) is 35.0. The molecule has 0 aromatic heterocycles. The third kappa shape index (κ3) is 2.20. The van der Waals surface area contributed by atoms with Crippen molar-refractivity contribution in [2.24, 2.45) is 11.8 Å². The molecule has 2 fully saturated rings. The molecular formula is C9H13FO5S. The zero-order chi connectivity index (χ0) is 11.9. The number of carbonyl (C=O) groups excluding carboxylic acids is 1. The fourth-order valence-corrected chi connectivity index (χ4v) is 2.95. The molecular weight excluding hydrogens is 239 g/mol. The second-order valence-electron chi connectivity index (χ2n) is 4.48. The summed E-state index contributed by atoms with van der Waals surface area (Å²) in [7, 11) is -5.00. The van der Waals surface area contributed by atoms with Crippen molar-refractivity contribution in [2.75, 3.05) is 0 Å². The molecule has 4 unspecified atom stereocenters. The van der Waals surface area contributed by atoms with Crippen molar-refractivity contribution in [2.45, 2.75) is 37.3 Å². The second-order valence-corrected chi connectivity index (χ2v) is 5.93. The van der Waals surface area contributed by atoms with E-state index in [1.54, 1.807) is 0 Å². The van der Waals surface area contributed by atoms with Gasteiger partial charge in [-0.25, -0.2) is 9.18 Å². The average molecular weight is 252 g/mol. The molecule has 0 spiro atoms. The number of carbonyl (C=O) groups is 1. The van der Waals surface area contributed by atoms with Crippen LogP contribution in [-0.4, -0.2) is 30.5 Å². The Morgan fingerprint density at radius 2 is 2.06 bits per heavy atom. The van der Waals surface area contributed by atoms with Crippen molar-refractivity contribution in [3.8, 4) is 0 Å². The summed E-state index contributed by atoms with van der Waals surface area (Å²) < 4.78 is 46.8. The van der Waals surface area contributed by atoms with Gasteiger partial charge in [0, 0.05) is 0 Å². The van der Waals surface area contributed by atoms with Crippen LogP contribution in [0.4, 0.5) is 4.39 Å². The summed E-state index contributed by atoms with van der Waals surface area (Å²) in [5.74, 6) is -0.769. The first kappa shape index (κ1) is 11.8. The first-order chi connectivity index (χ1) is 7.38. The van der Waals surface area contributed by atoms with Crippen LogP contribution in [0, 0.1) is 11.8 Å². The molecule has 2 saturated carbocycles. The number of hydrogen-bond acceptors (Lipinski definition) is 4. The number of hydrogen-bond donors (Lipinski definition) is 1.